The van der Waals surface area contributed by atoms with Crippen LogP contribution in [0.3, 0.4) is 0 Å². The lowest BCUT2D eigenvalue weighted by atomic mass is 10.2. The van der Waals surface area contributed by atoms with Crippen LogP contribution in [0.15, 0.2) is 53.4 Å². The summed E-state index contributed by atoms with van der Waals surface area (Å²) in [5.74, 6) is 0. The number of hydrogen-bond donors (Lipinski definition) is 1. The first-order valence-corrected chi connectivity index (χ1v) is 8.89. The fourth-order valence-electron chi connectivity index (χ4n) is 1.66. The van der Waals surface area contributed by atoms with Gasteiger partial charge in [0.05, 0.1) is 4.90 Å². The van der Waals surface area contributed by atoms with E-state index in [0.717, 1.165) is 11.1 Å². The van der Waals surface area contributed by atoms with Crippen LogP contribution >= 0.6 is 27.5 Å². The third-order valence-corrected chi connectivity index (χ3v) is 5.23. The van der Waals surface area contributed by atoms with Gasteiger partial charge in [0, 0.05) is 16.9 Å². The maximum Gasteiger partial charge on any atom is 0.240 e. The molecule has 6 heteroatoms. The average molecular weight is 375 g/mol. The van der Waals surface area contributed by atoms with Gasteiger partial charge in [-0.1, -0.05) is 57.9 Å². The number of halogens is 2. The number of alkyl halides is 1. The lowest BCUT2D eigenvalue weighted by Gasteiger charge is -2.08. The predicted octanol–water partition coefficient (Wildman–Crippen LogP) is 3.71. The highest BCUT2D eigenvalue weighted by Crippen LogP contribution is 2.17. The maximum atomic E-state index is 12.2. The molecule has 0 aliphatic heterocycles. The van der Waals surface area contributed by atoms with Crippen LogP contribution in [0.4, 0.5) is 0 Å². The van der Waals surface area contributed by atoms with Crippen molar-refractivity contribution in [3.63, 3.8) is 0 Å². The van der Waals surface area contributed by atoms with Crippen LogP contribution < -0.4 is 4.72 Å². The standard InChI is InChI=1S/C14H13BrClNO2S/c15-9-11-5-7-13(8-6-11)20(18,19)17-10-12-3-1-2-4-14(12)16/h1-8,17H,9-10H2. The molecule has 20 heavy (non-hydrogen) atoms. The molecule has 2 aromatic rings. The van der Waals surface area contributed by atoms with Crippen molar-refractivity contribution in [3.05, 3.63) is 64.7 Å². The van der Waals surface area contributed by atoms with Gasteiger partial charge in [0.1, 0.15) is 0 Å². The molecule has 0 heterocycles. The Balaban J connectivity index is 2.13. The van der Waals surface area contributed by atoms with Crippen LogP contribution in [0.5, 0.6) is 0 Å². The summed E-state index contributed by atoms with van der Waals surface area (Å²) in [5, 5.41) is 1.24. The van der Waals surface area contributed by atoms with E-state index in [4.69, 9.17) is 11.6 Å². The van der Waals surface area contributed by atoms with Crippen LogP contribution in [0.2, 0.25) is 5.02 Å². The zero-order valence-corrected chi connectivity index (χ0v) is 13.7. The first-order chi connectivity index (χ1) is 9.53. The Hall–Kier alpha value is -0.880. The Morgan fingerprint density at radius 2 is 1.70 bits per heavy atom. The monoisotopic (exact) mass is 373 g/mol. The van der Waals surface area contributed by atoms with Gasteiger partial charge in [-0.2, -0.15) is 0 Å². The highest BCUT2D eigenvalue weighted by molar-refractivity contribution is 9.08. The van der Waals surface area contributed by atoms with Crippen LogP contribution in [-0.2, 0) is 21.9 Å². The summed E-state index contributed by atoms with van der Waals surface area (Å²) in [4.78, 5) is 0.245. The van der Waals surface area contributed by atoms with Gasteiger partial charge >= 0.3 is 0 Å². The summed E-state index contributed by atoms with van der Waals surface area (Å²) in [6.07, 6.45) is 0. The van der Waals surface area contributed by atoms with Crippen molar-refractivity contribution in [2.24, 2.45) is 0 Å². The molecule has 0 saturated carbocycles. The molecule has 3 nitrogen and oxygen atoms in total. The van der Waals surface area contributed by atoms with Crippen LogP contribution in [-0.4, -0.2) is 8.42 Å². The minimum atomic E-state index is -3.52. The SMILES string of the molecule is O=S(=O)(NCc1ccccc1Cl)c1ccc(CBr)cc1. The highest BCUT2D eigenvalue weighted by atomic mass is 79.9. The second-order valence-electron chi connectivity index (χ2n) is 4.19. The summed E-state index contributed by atoms with van der Waals surface area (Å²) in [6.45, 7) is 0.169. The van der Waals surface area contributed by atoms with Gasteiger partial charge in [0.15, 0.2) is 0 Å². The molecule has 0 unspecified atom stereocenters. The van der Waals surface area contributed by atoms with Gasteiger partial charge in [-0.3, -0.25) is 0 Å². The van der Waals surface area contributed by atoms with Crippen molar-refractivity contribution in [3.8, 4) is 0 Å². The first kappa shape index (κ1) is 15.5. The highest BCUT2D eigenvalue weighted by Gasteiger charge is 2.14. The van der Waals surface area contributed by atoms with E-state index >= 15 is 0 Å². The smallest absolute Gasteiger partial charge is 0.207 e. The van der Waals surface area contributed by atoms with Gasteiger partial charge < -0.3 is 0 Å². The fourth-order valence-corrected chi connectivity index (χ4v) is 3.24. The number of rotatable bonds is 5. The molecule has 0 aromatic heterocycles. The zero-order valence-electron chi connectivity index (χ0n) is 10.5. The van der Waals surface area contributed by atoms with E-state index < -0.39 is 10.0 Å². The van der Waals surface area contributed by atoms with E-state index in [1.54, 1.807) is 42.5 Å². The Morgan fingerprint density at radius 1 is 1.05 bits per heavy atom. The second kappa shape index (κ2) is 6.72. The van der Waals surface area contributed by atoms with Crippen molar-refractivity contribution >= 4 is 37.6 Å². The molecule has 106 valence electrons. The van der Waals surface area contributed by atoms with Gasteiger partial charge in [-0.15, -0.1) is 0 Å². The topological polar surface area (TPSA) is 46.2 Å². The molecule has 0 saturated heterocycles. The van der Waals surface area contributed by atoms with Crippen LogP contribution in [0.25, 0.3) is 0 Å². The number of benzene rings is 2. The molecule has 0 aliphatic carbocycles. The average Bonchev–Trinajstić information content (AvgIpc) is 2.46. The zero-order chi connectivity index (χ0) is 14.6. The van der Waals surface area contributed by atoms with Crippen molar-refractivity contribution in [1.82, 2.24) is 4.72 Å². The summed E-state index contributed by atoms with van der Waals surface area (Å²) >= 11 is 9.32. The quantitative estimate of drug-likeness (QED) is 0.811. The lowest BCUT2D eigenvalue weighted by molar-refractivity contribution is 0.581. The third kappa shape index (κ3) is 3.82. The molecule has 0 radical (unpaired) electrons. The summed E-state index contributed by atoms with van der Waals surface area (Å²) in [5.41, 5.74) is 1.77. The summed E-state index contributed by atoms with van der Waals surface area (Å²) in [6, 6.07) is 13.9. The minimum absolute atomic E-state index is 0.169. The molecular formula is C14H13BrClNO2S. The van der Waals surface area contributed by atoms with Gasteiger partial charge in [0.2, 0.25) is 10.0 Å². The van der Waals surface area contributed by atoms with E-state index in [0.29, 0.717) is 10.4 Å². The Labute approximate surface area is 132 Å². The molecule has 0 spiro atoms. The number of sulfonamides is 1. The van der Waals surface area contributed by atoms with Crippen molar-refractivity contribution in [1.29, 1.82) is 0 Å². The predicted molar refractivity (Wildman–Crippen MR) is 84.6 cm³/mol. The Bertz CT molecular complexity index is 687. The fraction of sp³-hybridized carbons (Fsp3) is 0.143. The summed E-state index contributed by atoms with van der Waals surface area (Å²) < 4.78 is 26.8. The van der Waals surface area contributed by atoms with E-state index in [2.05, 4.69) is 20.7 Å². The van der Waals surface area contributed by atoms with Gasteiger partial charge in [-0.05, 0) is 29.3 Å². The molecule has 2 rings (SSSR count). The van der Waals surface area contributed by atoms with Crippen LogP contribution in [0.1, 0.15) is 11.1 Å². The molecular weight excluding hydrogens is 362 g/mol. The second-order valence-corrected chi connectivity index (χ2v) is 6.93. The first-order valence-electron chi connectivity index (χ1n) is 5.91. The summed E-state index contributed by atoms with van der Waals surface area (Å²) in [7, 11) is -3.52. The Kier molecular flexibility index (Phi) is 5.21. The molecule has 0 atom stereocenters. The number of hydrogen-bond acceptors (Lipinski definition) is 2. The van der Waals surface area contributed by atoms with Gasteiger partial charge in [-0.25, -0.2) is 13.1 Å². The molecule has 0 bridgehead atoms. The van der Waals surface area contributed by atoms with Gasteiger partial charge in [0.25, 0.3) is 0 Å². The Morgan fingerprint density at radius 3 is 2.30 bits per heavy atom. The molecule has 1 N–H and O–H groups in total. The largest absolute Gasteiger partial charge is 0.240 e. The van der Waals surface area contributed by atoms with Crippen LogP contribution in [0, 0.1) is 0 Å². The van der Waals surface area contributed by atoms with Crippen molar-refractivity contribution in [2.75, 3.05) is 0 Å². The van der Waals surface area contributed by atoms with E-state index in [1.807, 2.05) is 6.07 Å². The van der Waals surface area contributed by atoms with E-state index in [-0.39, 0.29) is 11.4 Å². The van der Waals surface area contributed by atoms with E-state index in [1.165, 1.54) is 0 Å². The molecule has 0 amide bonds. The molecule has 0 fully saturated rings. The van der Waals surface area contributed by atoms with Crippen molar-refractivity contribution < 1.29 is 8.42 Å². The number of nitrogens with one attached hydrogen (secondary N) is 1. The van der Waals surface area contributed by atoms with Crippen molar-refractivity contribution in [2.45, 2.75) is 16.8 Å². The lowest BCUT2D eigenvalue weighted by Crippen LogP contribution is -2.23. The minimum Gasteiger partial charge on any atom is -0.207 e. The molecule has 2 aromatic carbocycles. The third-order valence-electron chi connectivity index (χ3n) is 2.80. The normalized spacial score (nSPS) is 11.5. The molecule has 0 aliphatic rings. The van der Waals surface area contributed by atoms with E-state index in [9.17, 15) is 8.42 Å². The maximum absolute atomic E-state index is 12.2.